The number of benzene rings is 1. The highest BCUT2D eigenvalue weighted by Gasteiger charge is 2.28. The Hall–Kier alpha value is -2.78. The van der Waals surface area contributed by atoms with Crippen LogP contribution >= 0.6 is 0 Å². The van der Waals surface area contributed by atoms with Crippen LogP contribution in [0.25, 0.3) is 16.5 Å². The van der Waals surface area contributed by atoms with E-state index in [1.54, 1.807) is 13.3 Å². The molecule has 0 aliphatic carbocycles. The van der Waals surface area contributed by atoms with E-state index in [0.717, 1.165) is 47.5 Å². The lowest BCUT2D eigenvalue weighted by Gasteiger charge is -2.26. The summed E-state index contributed by atoms with van der Waals surface area (Å²) in [5, 5.41) is 0.850. The van der Waals surface area contributed by atoms with E-state index in [1.807, 2.05) is 18.3 Å². The van der Waals surface area contributed by atoms with Crippen LogP contribution in [0.2, 0.25) is 0 Å². The Balaban J connectivity index is 1.78. The van der Waals surface area contributed by atoms with E-state index < -0.39 is 10.0 Å². The van der Waals surface area contributed by atoms with Gasteiger partial charge in [-0.15, -0.1) is 0 Å². The number of nitrogens with zero attached hydrogens (tertiary/aromatic N) is 3. The van der Waals surface area contributed by atoms with Crippen molar-refractivity contribution in [3.8, 4) is 5.75 Å². The van der Waals surface area contributed by atoms with Crippen molar-refractivity contribution in [3.63, 3.8) is 0 Å². The van der Waals surface area contributed by atoms with Gasteiger partial charge in [0.2, 0.25) is 10.0 Å². The molecule has 1 saturated heterocycles. The fourth-order valence-electron chi connectivity index (χ4n) is 4.61. The van der Waals surface area contributed by atoms with Crippen LogP contribution in [-0.4, -0.2) is 58.5 Å². The maximum Gasteiger partial charge on any atom is 0.277 e. The van der Waals surface area contributed by atoms with Gasteiger partial charge in [-0.2, -0.15) is 0 Å². The average molecular weight is 485 g/mol. The van der Waals surface area contributed by atoms with Crippen molar-refractivity contribution >= 4 is 44.3 Å². The number of carbonyl (C=O) groups excluding carboxylic acids is 1. The second-order valence-corrected chi connectivity index (χ2v) is 11.9. The first-order chi connectivity index (χ1) is 16.0. The Morgan fingerprint density at radius 3 is 2.68 bits per heavy atom. The van der Waals surface area contributed by atoms with E-state index in [0.29, 0.717) is 24.1 Å². The highest BCUT2D eigenvalue weighted by atomic mass is 32.2. The first-order valence-electron chi connectivity index (χ1n) is 11.5. The second kappa shape index (κ2) is 9.11. The van der Waals surface area contributed by atoms with Crippen LogP contribution in [0.3, 0.4) is 0 Å². The average Bonchev–Trinajstić information content (AvgIpc) is 3.25. The van der Waals surface area contributed by atoms with Crippen molar-refractivity contribution in [2.75, 3.05) is 37.9 Å². The van der Waals surface area contributed by atoms with Gasteiger partial charge in [0.05, 0.1) is 30.8 Å². The molecule has 8 nitrogen and oxygen atoms in total. The maximum absolute atomic E-state index is 12.6. The zero-order valence-corrected chi connectivity index (χ0v) is 21.2. The number of hydrogen-bond donors (Lipinski definition) is 1. The number of fused-ring (bicyclic) bond motifs is 1. The summed E-state index contributed by atoms with van der Waals surface area (Å²) in [6.07, 6.45) is 8.03. The molecule has 1 fully saturated rings. The third-order valence-electron chi connectivity index (χ3n) is 6.36. The molecule has 34 heavy (non-hydrogen) atoms. The lowest BCUT2D eigenvalue weighted by Crippen LogP contribution is -2.30. The molecule has 3 heterocycles. The molecule has 1 aromatic heterocycles. The predicted molar refractivity (Wildman–Crippen MR) is 136 cm³/mol. The monoisotopic (exact) mass is 484 g/mol. The second-order valence-electron chi connectivity index (χ2n) is 10.0. The van der Waals surface area contributed by atoms with E-state index in [9.17, 15) is 13.2 Å². The van der Waals surface area contributed by atoms with Gasteiger partial charge in [-0.3, -0.25) is 9.78 Å². The lowest BCUT2D eigenvalue weighted by atomic mass is 9.82. The minimum absolute atomic E-state index is 0.220. The quantitative estimate of drug-likeness (QED) is 0.675. The molecular formula is C25H32N4O4S. The number of pyridine rings is 1. The molecule has 0 bridgehead atoms. The first kappa shape index (κ1) is 24.3. The fraction of sp³-hybridized carbons (Fsp3) is 0.480. The van der Waals surface area contributed by atoms with Crippen molar-refractivity contribution in [1.29, 1.82) is 0 Å². The number of amides is 1. The summed E-state index contributed by atoms with van der Waals surface area (Å²) in [5.41, 5.74) is 3.77. The van der Waals surface area contributed by atoms with Gasteiger partial charge in [0.1, 0.15) is 5.75 Å². The Labute approximate surface area is 201 Å². The molecule has 9 heteroatoms. The van der Waals surface area contributed by atoms with Crippen LogP contribution in [0, 0.1) is 5.92 Å². The summed E-state index contributed by atoms with van der Waals surface area (Å²) < 4.78 is 31.5. The molecule has 1 N–H and O–H groups in total. The summed E-state index contributed by atoms with van der Waals surface area (Å²) in [6, 6.07) is 4.09. The smallest absolute Gasteiger partial charge is 0.277 e. The normalized spacial score (nSPS) is 19.1. The number of ether oxygens (including phenoxy) is 1. The van der Waals surface area contributed by atoms with Gasteiger partial charge < -0.3 is 9.64 Å². The number of sulfonamides is 1. The number of carbonyl (C=O) groups is 1. The molecule has 0 radical (unpaired) electrons. The minimum atomic E-state index is -3.21. The summed E-state index contributed by atoms with van der Waals surface area (Å²) in [4.78, 5) is 23.6. The van der Waals surface area contributed by atoms with Crippen LogP contribution < -0.4 is 14.4 Å². The standard InChI is InChI=1S/C25H32N4O4S/c1-25(2,3)21-12-19(18-7-6-9-26-24(18)30)22-20(23(21)33-4)11-17(14-27-22)29-10-8-16(15-29)13-28-34(5,31)32/h7,9,11-12,14,16,28H,6,8,10,13,15H2,1-5H3/t16-/m1/s1. The molecule has 2 aliphatic rings. The van der Waals surface area contributed by atoms with Crippen LogP contribution in [0.5, 0.6) is 5.75 Å². The third kappa shape index (κ3) is 5.00. The summed E-state index contributed by atoms with van der Waals surface area (Å²) >= 11 is 0. The summed E-state index contributed by atoms with van der Waals surface area (Å²) in [6.45, 7) is 8.33. The van der Waals surface area contributed by atoms with Crippen molar-refractivity contribution in [3.05, 3.63) is 35.5 Å². The molecule has 0 spiro atoms. The summed E-state index contributed by atoms with van der Waals surface area (Å²) in [5.74, 6) is 0.721. The van der Waals surface area contributed by atoms with Gasteiger partial charge in [-0.1, -0.05) is 26.8 Å². The minimum Gasteiger partial charge on any atom is -0.496 e. The molecule has 4 rings (SSSR count). The summed E-state index contributed by atoms with van der Waals surface area (Å²) in [7, 11) is -1.55. The van der Waals surface area contributed by atoms with Crippen LogP contribution in [0.4, 0.5) is 5.69 Å². The predicted octanol–water partition coefficient (Wildman–Crippen LogP) is 3.30. The van der Waals surface area contributed by atoms with E-state index in [4.69, 9.17) is 9.72 Å². The molecule has 2 aliphatic heterocycles. The van der Waals surface area contributed by atoms with Crippen molar-refractivity contribution in [1.82, 2.24) is 9.71 Å². The zero-order valence-electron chi connectivity index (χ0n) is 20.4. The van der Waals surface area contributed by atoms with Gasteiger partial charge in [0, 0.05) is 54.4 Å². The number of rotatable bonds is 6. The number of aliphatic imine (C=N–C) groups is 1. The molecule has 1 aromatic carbocycles. The van der Waals surface area contributed by atoms with Gasteiger partial charge in [0.15, 0.2) is 0 Å². The molecule has 1 amide bonds. The Morgan fingerprint density at radius 1 is 1.26 bits per heavy atom. The zero-order chi connectivity index (χ0) is 24.7. The van der Waals surface area contributed by atoms with Crippen LogP contribution in [-0.2, 0) is 20.2 Å². The van der Waals surface area contributed by atoms with E-state index in [1.165, 1.54) is 6.26 Å². The lowest BCUT2D eigenvalue weighted by molar-refractivity contribution is -0.112. The van der Waals surface area contributed by atoms with E-state index >= 15 is 0 Å². The fourth-order valence-corrected chi connectivity index (χ4v) is 5.15. The number of methoxy groups -OCH3 is 1. The first-order valence-corrected chi connectivity index (χ1v) is 13.4. The van der Waals surface area contributed by atoms with Gasteiger partial charge in [0.25, 0.3) is 5.91 Å². The number of anilines is 1. The topological polar surface area (TPSA) is 101 Å². The van der Waals surface area contributed by atoms with Crippen molar-refractivity contribution in [2.45, 2.75) is 39.0 Å². The maximum atomic E-state index is 12.6. The largest absolute Gasteiger partial charge is 0.496 e. The van der Waals surface area contributed by atoms with Crippen LogP contribution in [0.1, 0.15) is 44.7 Å². The Kier molecular flexibility index (Phi) is 6.52. The van der Waals surface area contributed by atoms with E-state index in [-0.39, 0.29) is 17.2 Å². The molecule has 2 aromatic rings. The van der Waals surface area contributed by atoms with Crippen LogP contribution in [0.15, 0.2) is 29.4 Å². The highest BCUT2D eigenvalue weighted by molar-refractivity contribution is 7.88. The Bertz CT molecular complexity index is 1290. The number of aromatic nitrogens is 1. The Morgan fingerprint density at radius 2 is 2.03 bits per heavy atom. The van der Waals surface area contributed by atoms with Gasteiger partial charge >= 0.3 is 0 Å². The molecule has 182 valence electrons. The van der Waals surface area contributed by atoms with E-state index in [2.05, 4.69) is 41.5 Å². The molecule has 1 atom stereocenters. The third-order valence-corrected chi connectivity index (χ3v) is 7.05. The SMILES string of the molecule is COc1c(C(C)(C)C)cc(C2=CCC=NC2=O)c2ncc(N3CC[C@H](CNS(C)(=O)=O)C3)cc12. The number of allylic oxidation sites excluding steroid dienone is 1. The molecule has 0 saturated carbocycles. The number of nitrogens with one attached hydrogen (secondary N) is 1. The molecular weight excluding hydrogens is 452 g/mol. The van der Waals surface area contributed by atoms with Gasteiger partial charge in [-0.25, -0.2) is 18.1 Å². The van der Waals surface area contributed by atoms with Crippen molar-refractivity contribution in [2.24, 2.45) is 10.9 Å². The van der Waals surface area contributed by atoms with Crippen molar-refractivity contribution < 1.29 is 17.9 Å². The highest BCUT2D eigenvalue weighted by Crippen LogP contribution is 2.42. The number of dihydropyridines is 1. The number of hydrogen-bond acceptors (Lipinski definition) is 6. The van der Waals surface area contributed by atoms with Gasteiger partial charge in [-0.05, 0) is 29.9 Å². The molecule has 0 unspecified atom stereocenters.